The van der Waals surface area contributed by atoms with Gasteiger partial charge >= 0.3 is 0 Å². The number of nitrogens with one attached hydrogen (secondary N) is 1. The van der Waals surface area contributed by atoms with Gasteiger partial charge in [-0.25, -0.2) is 0 Å². The zero-order chi connectivity index (χ0) is 14.7. The highest BCUT2D eigenvalue weighted by atomic mass is 35.5. The van der Waals surface area contributed by atoms with Gasteiger partial charge < -0.3 is 5.32 Å². The van der Waals surface area contributed by atoms with Crippen molar-refractivity contribution in [3.63, 3.8) is 0 Å². The molecule has 1 atom stereocenters. The maximum atomic E-state index is 6.31. The molecule has 0 fully saturated rings. The topological polar surface area (TPSA) is 24.9 Å². The summed E-state index contributed by atoms with van der Waals surface area (Å²) in [6.07, 6.45) is 2.70. The second-order valence-corrected chi connectivity index (χ2v) is 6.26. The largest absolute Gasteiger partial charge is 0.309 e. The third-order valence-electron chi connectivity index (χ3n) is 3.55. The molecular weight excluding hydrogens is 300 g/mol. The van der Waals surface area contributed by atoms with Crippen LogP contribution in [0.5, 0.6) is 0 Å². The first-order valence-electron chi connectivity index (χ1n) is 7.08. The highest BCUT2D eigenvalue weighted by Crippen LogP contribution is 2.30. The van der Waals surface area contributed by atoms with Gasteiger partial charge in [0, 0.05) is 10.9 Å². The van der Waals surface area contributed by atoms with Crippen LogP contribution in [-0.4, -0.2) is 11.5 Å². The van der Waals surface area contributed by atoms with Gasteiger partial charge in [-0.2, -0.15) is 0 Å². The number of hydrogen-bond acceptors (Lipinski definition) is 3. The Morgan fingerprint density at radius 1 is 1.24 bits per heavy atom. The number of halogens is 1. The third-order valence-corrected chi connectivity index (χ3v) is 4.88. The van der Waals surface area contributed by atoms with Crippen LogP contribution in [0.3, 0.4) is 0 Å². The molecule has 3 aromatic rings. The van der Waals surface area contributed by atoms with Crippen LogP contribution in [0.15, 0.2) is 48.0 Å². The first-order chi connectivity index (χ1) is 10.3. The number of hydrogen-bond donors (Lipinski definition) is 1. The molecule has 0 aliphatic rings. The lowest BCUT2D eigenvalue weighted by atomic mass is 10.0. The molecule has 0 radical (unpaired) electrons. The minimum Gasteiger partial charge on any atom is -0.309 e. The van der Waals surface area contributed by atoms with Crippen molar-refractivity contribution >= 4 is 33.0 Å². The summed E-state index contributed by atoms with van der Waals surface area (Å²) in [5, 5.41) is 7.80. The first kappa shape index (κ1) is 14.5. The smallest absolute Gasteiger partial charge is 0.0762 e. The van der Waals surface area contributed by atoms with E-state index in [1.165, 1.54) is 15.6 Å². The second-order valence-electron chi connectivity index (χ2n) is 4.94. The van der Waals surface area contributed by atoms with Crippen molar-refractivity contribution in [3.8, 4) is 0 Å². The van der Waals surface area contributed by atoms with E-state index in [9.17, 15) is 0 Å². The van der Waals surface area contributed by atoms with Crippen molar-refractivity contribution in [1.82, 2.24) is 10.3 Å². The molecule has 0 amide bonds. The predicted octanol–water partition coefficient (Wildman–Crippen LogP) is 4.84. The van der Waals surface area contributed by atoms with Crippen LogP contribution in [0.1, 0.15) is 24.2 Å². The highest BCUT2D eigenvalue weighted by molar-refractivity contribution is 7.17. The van der Waals surface area contributed by atoms with Gasteiger partial charge in [-0.1, -0.05) is 36.7 Å². The lowest BCUT2D eigenvalue weighted by Gasteiger charge is -2.18. The van der Waals surface area contributed by atoms with Crippen LogP contribution in [0.25, 0.3) is 10.1 Å². The Bertz CT molecular complexity index is 738. The summed E-state index contributed by atoms with van der Waals surface area (Å²) in [6, 6.07) is 12.4. The third kappa shape index (κ3) is 3.10. The molecule has 0 aliphatic heterocycles. The maximum Gasteiger partial charge on any atom is 0.0762 e. The molecule has 2 nitrogen and oxygen atoms in total. The molecule has 3 rings (SSSR count). The highest BCUT2D eigenvalue weighted by Gasteiger charge is 2.17. The number of likely N-dealkylation sites (N-methyl/N-ethyl adjacent to an activating group) is 1. The van der Waals surface area contributed by atoms with Crippen molar-refractivity contribution in [3.05, 3.63) is 64.3 Å². The molecule has 0 saturated carbocycles. The number of thiophene rings is 1. The SMILES string of the molecule is CCNC(Cc1csc2ccccc12)c1ncccc1Cl. The van der Waals surface area contributed by atoms with Crippen LogP contribution in [0.2, 0.25) is 5.02 Å². The zero-order valence-corrected chi connectivity index (χ0v) is 13.4. The van der Waals surface area contributed by atoms with E-state index in [2.05, 4.69) is 46.9 Å². The van der Waals surface area contributed by atoms with Gasteiger partial charge in [0.05, 0.1) is 16.8 Å². The van der Waals surface area contributed by atoms with Crippen molar-refractivity contribution in [2.75, 3.05) is 6.54 Å². The quantitative estimate of drug-likeness (QED) is 0.728. The van der Waals surface area contributed by atoms with E-state index in [1.807, 2.05) is 12.1 Å². The Morgan fingerprint density at radius 2 is 2.10 bits per heavy atom. The van der Waals surface area contributed by atoms with E-state index in [0.29, 0.717) is 0 Å². The molecule has 4 heteroatoms. The van der Waals surface area contributed by atoms with E-state index in [1.54, 1.807) is 17.5 Å². The minimum atomic E-state index is 0.140. The Balaban J connectivity index is 1.94. The molecule has 1 unspecified atom stereocenters. The molecule has 1 aromatic carbocycles. The van der Waals surface area contributed by atoms with Crippen LogP contribution >= 0.6 is 22.9 Å². The molecule has 2 aromatic heterocycles. The molecule has 0 saturated heterocycles. The van der Waals surface area contributed by atoms with Gasteiger partial charge in [0.2, 0.25) is 0 Å². The Morgan fingerprint density at radius 3 is 2.90 bits per heavy atom. The molecule has 2 heterocycles. The number of aromatic nitrogens is 1. The van der Waals surface area contributed by atoms with Crippen LogP contribution in [-0.2, 0) is 6.42 Å². The van der Waals surface area contributed by atoms with Crippen molar-refractivity contribution in [1.29, 1.82) is 0 Å². The van der Waals surface area contributed by atoms with Gasteiger partial charge in [0.25, 0.3) is 0 Å². The number of benzene rings is 1. The minimum absolute atomic E-state index is 0.140. The van der Waals surface area contributed by atoms with Crippen LogP contribution in [0.4, 0.5) is 0 Å². The van der Waals surface area contributed by atoms with Gasteiger partial charge in [-0.05, 0) is 47.5 Å². The van der Waals surface area contributed by atoms with Crippen LogP contribution < -0.4 is 5.32 Å². The molecule has 0 aliphatic carbocycles. The standard InChI is InChI=1S/C17H17ClN2S/c1-2-19-15(17-14(18)7-5-9-20-17)10-12-11-21-16-8-4-3-6-13(12)16/h3-9,11,15,19H,2,10H2,1H3. The Hall–Kier alpha value is -1.42. The second kappa shape index (κ2) is 6.56. The molecule has 0 bridgehead atoms. The molecule has 0 spiro atoms. The molecule has 108 valence electrons. The molecule has 21 heavy (non-hydrogen) atoms. The normalized spacial score (nSPS) is 12.7. The fourth-order valence-electron chi connectivity index (χ4n) is 2.58. The van der Waals surface area contributed by atoms with Crippen molar-refractivity contribution < 1.29 is 0 Å². The van der Waals surface area contributed by atoms with E-state index < -0.39 is 0 Å². The number of rotatable bonds is 5. The molecular formula is C17H17ClN2S. The molecule has 1 N–H and O–H groups in total. The summed E-state index contributed by atoms with van der Waals surface area (Å²) in [6.45, 7) is 3.00. The zero-order valence-electron chi connectivity index (χ0n) is 11.8. The summed E-state index contributed by atoms with van der Waals surface area (Å²) >= 11 is 8.11. The maximum absolute atomic E-state index is 6.31. The monoisotopic (exact) mass is 316 g/mol. The Kier molecular flexibility index (Phi) is 4.54. The summed E-state index contributed by atoms with van der Waals surface area (Å²) in [5.74, 6) is 0. The number of nitrogens with zero attached hydrogens (tertiary/aromatic N) is 1. The Labute approximate surface area is 133 Å². The van der Waals surface area contributed by atoms with E-state index in [4.69, 9.17) is 11.6 Å². The number of fused-ring (bicyclic) bond motifs is 1. The fraction of sp³-hybridized carbons (Fsp3) is 0.235. The van der Waals surface area contributed by atoms with Gasteiger partial charge in [0.15, 0.2) is 0 Å². The lowest BCUT2D eigenvalue weighted by molar-refractivity contribution is 0.539. The van der Waals surface area contributed by atoms with Gasteiger partial charge in [0.1, 0.15) is 0 Å². The summed E-state index contributed by atoms with van der Waals surface area (Å²) in [5.41, 5.74) is 2.28. The van der Waals surface area contributed by atoms with Crippen LogP contribution in [0, 0.1) is 0 Å². The van der Waals surface area contributed by atoms with E-state index >= 15 is 0 Å². The lowest BCUT2D eigenvalue weighted by Crippen LogP contribution is -2.24. The predicted molar refractivity (Wildman–Crippen MR) is 91.2 cm³/mol. The summed E-state index contributed by atoms with van der Waals surface area (Å²) in [7, 11) is 0. The van der Waals surface area contributed by atoms with Crippen molar-refractivity contribution in [2.24, 2.45) is 0 Å². The summed E-state index contributed by atoms with van der Waals surface area (Å²) in [4.78, 5) is 4.47. The van der Waals surface area contributed by atoms with Gasteiger partial charge in [-0.3, -0.25) is 4.98 Å². The van der Waals surface area contributed by atoms with Crippen molar-refractivity contribution in [2.45, 2.75) is 19.4 Å². The van der Waals surface area contributed by atoms with E-state index in [-0.39, 0.29) is 6.04 Å². The summed E-state index contributed by atoms with van der Waals surface area (Å²) < 4.78 is 1.33. The average molecular weight is 317 g/mol. The average Bonchev–Trinajstić information content (AvgIpc) is 2.91. The van der Waals surface area contributed by atoms with Gasteiger partial charge in [-0.15, -0.1) is 11.3 Å². The number of pyridine rings is 1. The van der Waals surface area contributed by atoms with E-state index in [0.717, 1.165) is 23.7 Å². The fourth-order valence-corrected chi connectivity index (χ4v) is 3.81. The first-order valence-corrected chi connectivity index (χ1v) is 8.34.